The average molecular weight is 309 g/mol. The van der Waals surface area contributed by atoms with Gasteiger partial charge in [0.15, 0.2) is 0 Å². The Balaban J connectivity index is 1.61. The van der Waals surface area contributed by atoms with E-state index in [4.69, 9.17) is 16.3 Å². The number of halogens is 1. The van der Waals surface area contributed by atoms with Crippen molar-refractivity contribution < 1.29 is 9.53 Å². The third kappa shape index (κ3) is 3.23. The molecular formula is C16H21ClN2O2. The summed E-state index contributed by atoms with van der Waals surface area (Å²) in [6, 6.07) is 7.79. The average Bonchev–Trinajstić information content (AvgIpc) is 2.48. The van der Waals surface area contributed by atoms with E-state index in [2.05, 4.69) is 22.8 Å². The quantitative estimate of drug-likeness (QED) is 0.893. The Bertz CT molecular complexity index is 494. The molecule has 1 saturated carbocycles. The molecule has 5 heteroatoms. The van der Waals surface area contributed by atoms with Crippen molar-refractivity contribution in [2.24, 2.45) is 0 Å². The van der Waals surface area contributed by atoms with Gasteiger partial charge in [0.25, 0.3) is 0 Å². The number of hydrogen-bond donors (Lipinski definition) is 2. The highest BCUT2D eigenvalue weighted by Crippen LogP contribution is 2.43. The van der Waals surface area contributed by atoms with E-state index >= 15 is 0 Å². The lowest BCUT2D eigenvalue weighted by atomic mass is 9.64. The minimum Gasteiger partial charge on any atom is -0.378 e. The lowest BCUT2D eigenvalue weighted by molar-refractivity contribution is -0.126. The summed E-state index contributed by atoms with van der Waals surface area (Å²) in [6.07, 6.45) is 3.44. The largest absolute Gasteiger partial charge is 0.378 e. The number of ether oxygens (including phenoxy) is 1. The SMILES string of the molecule is O=C(NCC1(c2ccc(Cl)cc2)CCC1)C1COCCN1. The molecular weight excluding hydrogens is 288 g/mol. The molecule has 1 aliphatic carbocycles. The summed E-state index contributed by atoms with van der Waals surface area (Å²) < 4.78 is 5.34. The third-order valence-electron chi connectivity index (χ3n) is 4.61. The minimum atomic E-state index is -0.221. The molecule has 1 aromatic carbocycles. The molecule has 3 rings (SSSR count). The van der Waals surface area contributed by atoms with Gasteiger partial charge in [-0.2, -0.15) is 0 Å². The maximum absolute atomic E-state index is 12.2. The Kier molecular flexibility index (Phi) is 4.48. The lowest BCUT2D eigenvalue weighted by Gasteiger charge is -2.43. The molecule has 1 atom stereocenters. The van der Waals surface area contributed by atoms with E-state index in [0.717, 1.165) is 24.4 Å². The van der Waals surface area contributed by atoms with Crippen molar-refractivity contribution >= 4 is 17.5 Å². The van der Waals surface area contributed by atoms with Gasteiger partial charge in [-0.05, 0) is 30.5 Å². The second-order valence-electron chi connectivity index (χ2n) is 5.94. The first-order valence-corrected chi connectivity index (χ1v) is 7.92. The van der Waals surface area contributed by atoms with Crippen LogP contribution >= 0.6 is 11.6 Å². The highest BCUT2D eigenvalue weighted by atomic mass is 35.5. The van der Waals surface area contributed by atoms with E-state index in [9.17, 15) is 4.79 Å². The van der Waals surface area contributed by atoms with Crippen molar-refractivity contribution in [2.75, 3.05) is 26.3 Å². The predicted molar refractivity (Wildman–Crippen MR) is 82.6 cm³/mol. The van der Waals surface area contributed by atoms with Crippen LogP contribution in [0, 0.1) is 0 Å². The molecule has 2 N–H and O–H groups in total. The number of hydrogen-bond acceptors (Lipinski definition) is 3. The van der Waals surface area contributed by atoms with Crippen molar-refractivity contribution in [2.45, 2.75) is 30.7 Å². The van der Waals surface area contributed by atoms with Gasteiger partial charge in [0, 0.05) is 23.5 Å². The highest BCUT2D eigenvalue weighted by molar-refractivity contribution is 6.30. The van der Waals surface area contributed by atoms with E-state index in [1.54, 1.807) is 0 Å². The molecule has 0 spiro atoms. The van der Waals surface area contributed by atoms with E-state index in [1.165, 1.54) is 12.0 Å². The third-order valence-corrected chi connectivity index (χ3v) is 4.86. The van der Waals surface area contributed by atoms with Crippen LogP contribution in [0.25, 0.3) is 0 Å². The summed E-state index contributed by atoms with van der Waals surface area (Å²) in [6.45, 7) is 2.56. The summed E-state index contributed by atoms with van der Waals surface area (Å²) in [4.78, 5) is 12.2. The first-order chi connectivity index (χ1) is 10.2. The number of rotatable bonds is 4. The molecule has 1 saturated heterocycles. The Labute approximate surface area is 130 Å². The van der Waals surface area contributed by atoms with Crippen molar-refractivity contribution in [3.63, 3.8) is 0 Å². The molecule has 1 aliphatic heterocycles. The molecule has 114 valence electrons. The minimum absolute atomic E-state index is 0.0370. The fourth-order valence-corrected chi connectivity index (χ4v) is 3.21. The smallest absolute Gasteiger partial charge is 0.239 e. The molecule has 2 aliphatic rings. The Morgan fingerprint density at radius 1 is 1.38 bits per heavy atom. The fraction of sp³-hybridized carbons (Fsp3) is 0.562. The molecule has 1 heterocycles. The lowest BCUT2D eigenvalue weighted by Crippen LogP contribution is -2.54. The molecule has 1 aromatic rings. The second-order valence-corrected chi connectivity index (χ2v) is 6.38. The van der Waals surface area contributed by atoms with Crippen molar-refractivity contribution in [1.29, 1.82) is 0 Å². The van der Waals surface area contributed by atoms with Crippen LogP contribution in [-0.4, -0.2) is 38.3 Å². The van der Waals surface area contributed by atoms with Crippen LogP contribution in [0.2, 0.25) is 5.02 Å². The normalized spacial score (nSPS) is 24.1. The standard InChI is InChI=1S/C16H21ClN2O2/c17-13-4-2-12(3-5-13)16(6-1-7-16)11-19-15(20)14-10-21-9-8-18-14/h2-5,14,18H,1,6-11H2,(H,19,20). The number of nitrogens with one attached hydrogen (secondary N) is 2. The van der Waals surface area contributed by atoms with Gasteiger partial charge in [-0.15, -0.1) is 0 Å². The van der Waals surface area contributed by atoms with Gasteiger partial charge in [-0.3, -0.25) is 4.79 Å². The van der Waals surface area contributed by atoms with E-state index < -0.39 is 0 Å². The van der Waals surface area contributed by atoms with Crippen LogP contribution in [0.5, 0.6) is 0 Å². The Morgan fingerprint density at radius 2 is 2.14 bits per heavy atom. The zero-order chi connectivity index (χ0) is 14.7. The summed E-state index contributed by atoms with van der Waals surface area (Å²) in [5.74, 6) is 0.0370. The van der Waals surface area contributed by atoms with E-state index in [-0.39, 0.29) is 17.4 Å². The summed E-state index contributed by atoms with van der Waals surface area (Å²) >= 11 is 5.96. The van der Waals surface area contributed by atoms with Gasteiger partial charge in [-0.25, -0.2) is 0 Å². The van der Waals surface area contributed by atoms with E-state index in [0.29, 0.717) is 19.8 Å². The van der Waals surface area contributed by atoms with Crippen LogP contribution in [0.4, 0.5) is 0 Å². The van der Waals surface area contributed by atoms with Crippen molar-refractivity contribution in [3.8, 4) is 0 Å². The van der Waals surface area contributed by atoms with Crippen LogP contribution in [-0.2, 0) is 14.9 Å². The Morgan fingerprint density at radius 3 is 2.71 bits per heavy atom. The molecule has 21 heavy (non-hydrogen) atoms. The summed E-state index contributed by atoms with van der Waals surface area (Å²) in [5, 5.41) is 7.03. The predicted octanol–water partition coefficient (Wildman–Crippen LogP) is 1.87. The van der Waals surface area contributed by atoms with Gasteiger partial charge in [0.2, 0.25) is 5.91 Å². The van der Waals surface area contributed by atoms with Gasteiger partial charge in [-0.1, -0.05) is 30.2 Å². The number of carbonyl (C=O) groups excluding carboxylic acids is 1. The number of benzene rings is 1. The van der Waals surface area contributed by atoms with Gasteiger partial charge in [0.1, 0.15) is 6.04 Å². The maximum Gasteiger partial charge on any atom is 0.239 e. The van der Waals surface area contributed by atoms with Crippen molar-refractivity contribution in [3.05, 3.63) is 34.9 Å². The fourth-order valence-electron chi connectivity index (χ4n) is 3.09. The molecule has 1 amide bonds. The van der Waals surface area contributed by atoms with Gasteiger partial charge in [0.05, 0.1) is 13.2 Å². The second kappa shape index (κ2) is 6.34. The Hall–Kier alpha value is -1.10. The molecule has 0 bridgehead atoms. The van der Waals surface area contributed by atoms with Crippen LogP contribution in [0.1, 0.15) is 24.8 Å². The number of carbonyl (C=O) groups is 1. The molecule has 1 unspecified atom stereocenters. The van der Waals surface area contributed by atoms with Crippen LogP contribution in [0.3, 0.4) is 0 Å². The molecule has 0 aromatic heterocycles. The van der Waals surface area contributed by atoms with Gasteiger partial charge < -0.3 is 15.4 Å². The monoisotopic (exact) mass is 308 g/mol. The highest BCUT2D eigenvalue weighted by Gasteiger charge is 2.39. The summed E-state index contributed by atoms with van der Waals surface area (Å²) in [5.41, 5.74) is 1.35. The first kappa shape index (κ1) is 14.8. The zero-order valence-corrected chi connectivity index (χ0v) is 12.8. The molecule has 2 fully saturated rings. The summed E-state index contributed by atoms with van der Waals surface area (Å²) in [7, 11) is 0. The molecule has 0 radical (unpaired) electrons. The number of amides is 1. The topological polar surface area (TPSA) is 50.4 Å². The van der Waals surface area contributed by atoms with E-state index in [1.807, 2.05) is 12.1 Å². The first-order valence-electron chi connectivity index (χ1n) is 7.55. The molecule has 4 nitrogen and oxygen atoms in total. The van der Waals surface area contributed by atoms with Crippen LogP contribution < -0.4 is 10.6 Å². The van der Waals surface area contributed by atoms with Crippen LogP contribution in [0.15, 0.2) is 24.3 Å². The number of morpholine rings is 1. The van der Waals surface area contributed by atoms with Gasteiger partial charge >= 0.3 is 0 Å². The van der Waals surface area contributed by atoms with Crippen molar-refractivity contribution in [1.82, 2.24) is 10.6 Å². The maximum atomic E-state index is 12.2. The zero-order valence-electron chi connectivity index (χ0n) is 12.0.